The Balaban J connectivity index is 2.76. The number of aryl methyl sites for hydroxylation is 1. The van der Waals surface area contributed by atoms with Crippen molar-refractivity contribution in [3.05, 3.63) is 18.1 Å². The number of aromatic nitrogens is 2. The van der Waals surface area contributed by atoms with Crippen LogP contribution in [0.4, 0.5) is 5.82 Å². The molecular formula is C12H21N5O. The molecule has 0 spiro atoms. The molecule has 0 radical (unpaired) electrons. The number of rotatable bonds is 6. The number of hydrogen-bond donors (Lipinski definition) is 2. The Morgan fingerprint density at radius 3 is 2.89 bits per heavy atom. The van der Waals surface area contributed by atoms with E-state index in [1.165, 1.54) is 0 Å². The molecule has 1 heterocycles. The zero-order valence-corrected chi connectivity index (χ0v) is 11.2. The van der Waals surface area contributed by atoms with Crippen LogP contribution in [0.1, 0.15) is 32.4 Å². The standard InChI is InChI=1S/C12H21N5O/c1-4-5-10-7-12(15-8-14-10)17(3)9(2)6-11(13)16-18/h7-9,18H,4-6H2,1-3H3,(H2,13,16). The summed E-state index contributed by atoms with van der Waals surface area (Å²) in [4.78, 5) is 10.5. The van der Waals surface area contributed by atoms with Crippen molar-refractivity contribution in [2.45, 2.75) is 39.2 Å². The Bertz CT molecular complexity index is 407. The summed E-state index contributed by atoms with van der Waals surface area (Å²) in [5.41, 5.74) is 6.54. The molecule has 0 saturated heterocycles. The molecule has 18 heavy (non-hydrogen) atoms. The number of amidine groups is 1. The Morgan fingerprint density at radius 1 is 1.56 bits per heavy atom. The number of anilines is 1. The van der Waals surface area contributed by atoms with Crippen LogP contribution in [0.3, 0.4) is 0 Å². The molecular weight excluding hydrogens is 230 g/mol. The predicted octanol–water partition coefficient (Wildman–Crippen LogP) is 1.39. The van der Waals surface area contributed by atoms with Crippen LogP contribution in [0.2, 0.25) is 0 Å². The molecule has 1 unspecified atom stereocenters. The first kappa shape index (κ1) is 14.2. The van der Waals surface area contributed by atoms with Crippen LogP contribution in [-0.2, 0) is 6.42 Å². The predicted molar refractivity (Wildman–Crippen MR) is 71.9 cm³/mol. The number of oxime groups is 1. The quantitative estimate of drug-likeness (QED) is 0.345. The van der Waals surface area contributed by atoms with Crippen LogP contribution in [0.25, 0.3) is 0 Å². The molecule has 1 aromatic rings. The third kappa shape index (κ3) is 3.87. The average Bonchev–Trinajstić information content (AvgIpc) is 2.38. The first-order valence-corrected chi connectivity index (χ1v) is 6.08. The molecule has 0 amide bonds. The summed E-state index contributed by atoms with van der Waals surface area (Å²) >= 11 is 0. The van der Waals surface area contributed by atoms with Gasteiger partial charge >= 0.3 is 0 Å². The summed E-state index contributed by atoms with van der Waals surface area (Å²) < 4.78 is 0. The molecule has 100 valence electrons. The van der Waals surface area contributed by atoms with Crippen molar-refractivity contribution in [2.75, 3.05) is 11.9 Å². The van der Waals surface area contributed by atoms with Gasteiger partial charge in [0.15, 0.2) is 0 Å². The van der Waals surface area contributed by atoms with E-state index in [0.29, 0.717) is 6.42 Å². The van der Waals surface area contributed by atoms with Gasteiger partial charge in [-0.05, 0) is 13.3 Å². The summed E-state index contributed by atoms with van der Waals surface area (Å²) in [6, 6.07) is 2.08. The first-order chi connectivity index (χ1) is 8.58. The highest BCUT2D eigenvalue weighted by atomic mass is 16.4. The van der Waals surface area contributed by atoms with Crippen LogP contribution < -0.4 is 10.6 Å². The second kappa shape index (κ2) is 6.78. The van der Waals surface area contributed by atoms with Crippen LogP contribution in [-0.4, -0.2) is 34.1 Å². The Kier molecular flexibility index (Phi) is 5.35. The molecule has 3 N–H and O–H groups in total. The normalized spacial score (nSPS) is 13.4. The van der Waals surface area contributed by atoms with Crippen molar-refractivity contribution in [3.63, 3.8) is 0 Å². The van der Waals surface area contributed by atoms with Crippen molar-refractivity contribution >= 4 is 11.7 Å². The fraction of sp³-hybridized carbons (Fsp3) is 0.583. The van der Waals surface area contributed by atoms with Gasteiger partial charge in [0.2, 0.25) is 0 Å². The van der Waals surface area contributed by atoms with Crippen LogP contribution in [0.5, 0.6) is 0 Å². The van der Waals surface area contributed by atoms with E-state index in [9.17, 15) is 0 Å². The molecule has 6 nitrogen and oxygen atoms in total. The van der Waals surface area contributed by atoms with Crippen molar-refractivity contribution in [1.29, 1.82) is 0 Å². The lowest BCUT2D eigenvalue weighted by molar-refractivity contribution is 0.316. The largest absolute Gasteiger partial charge is 0.409 e. The van der Waals surface area contributed by atoms with E-state index < -0.39 is 0 Å². The van der Waals surface area contributed by atoms with Gasteiger partial charge in [-0.25, -0.2) is 9.97 Å². The maximum atomic E-state index is 8.57. The van der Waals surface area contributed by atoms with Gasteiger partial charge in [0, 0.05) is 31.3 Å². The highest BCUT2D eigenvalue weighted by molar-refractivity contribution is 5.80. The molecule has 0 aliphatic heterocycles. The highest BCUT2D eigenvalue weighted by Crippen LogP contribution is 2.14. The lowest BCUT2D eigenvalue weighted by Gasteiger charge is -2.25. The molecule has 0 saturated carbocycles. The number of nitrogens with zero attached hydrogens (tertiary/aromatic N) is 4. The summed E-state index contributed by atoms with van der Waals surface area (Å²) in [6.07, 6.45) is 4.06. The molecule has 0 aliphatic carbocycles. The summed E-state index contributed by atoms with van der Waals surface area (Å²) in [5.74, 6) is 1.07. The van der Waals surface area contributed by atoms with Crippen LogP contribution in [0, 0.1) is 0 Å². The molecule has 1 rings (SSSR count). The van der Waals surface area contributed by atoms with Gasteiger partial charge in [-0.1, -0.05) is 18.5 Å². The van der Waals surface area contributed by atoms with Crippen LogP contribution in [0.15, 0.2) is 17.5 Å². The minimum absolute atomic E-state index is 0.102. The second-order valence-corrected chi connectivity index (χ2v) is 4.37. The van der Waals surface area contributed by atoms with E-state index >= 15 is 0 Å². The first-order valence-electron chi connectivity index (χ1n) is 6.08. The van der Waals surface area contributed by atoms with Crippen LogP contribution >= 0.6 is 0 Å². The van der Waals surface area contributed by atoms with Crippen molar-refractivity contribution in [1.82, 2.24) is 9.97 Å². The van der Waals surface area contributed by atoms with Crippen molar-refractivity contribution in [3.8, 4) is 0 Å². The van der Waals surface area contributed by atoms with E-state index in [1.54, 1.807) is 6.33 Å². The highest BCUT2D eigenvalue weighted by Gasteiger charge is 2.13. The summed E-state index contributed by atoms with van der Waals surface area (Å²) in [7, 11) is 1.94. The maximum absolute atomic E-state index is 8.57. The zero-order valence-electron chi connectivity index (χ0n) is 11.2. The minimum atomic E-state index is 0.102. The number of nitrogens with two attached hydrogens (primary N) is 1. The topological polar surface area (TPSA) is 87.6 Å². The van der Waals surface area contributed by atoms with E-state index in [0.717, 1.165) is 24.4 Å². The Morgan fingerprint density at radius 2 is 2.28 bits per heavy atom. The Hall–Kier alpha value is -1.85. The molecule has 6 heteroatoms. The average molecular weight is 251 g/mol. The van der Waals surface area contributed by atoms with Gasteiger partial charge in [-0.2, -0.15) is 0 Å². The van der Waals surface area contributed by atoms with Gasteiger partial charge in [0.25, 0.3) is 0 Å². The lowest BCUT2D eigenvalue weighted by Crippen LogP contribution is -2.33. The fourth-order valence-electron chi connectivity index (χ4n) is 1.68. The maximum Gasteiger partial charge on any atom is 0.141 e. The molecule has 0 aromatic carbocycles. The zero-order chi connectivity index (χ0) is 13.5. The fourth-order valence-corrected chi connectivity index (χ4v) is 1.68. The lowest BCUT2D eigenvalue weighted by atomic mass is 10.2. The van der Waals surface area contributed by atoms with Crippen molar-refractivity contribution in [2.24, 2.45) is 10.9 Å². The van der Waals surface area contributed by atoms with Gasteiger partial charge < -0.3 is 15.8 Å². The summed E-state index contributed by atoms with van der Waals surface area (Å²) in [5, 5.41) is 11.6. The Labute approximate surface area is 108 Å². The molecule has 0 aliphatic rings. The SMILES string of the molecule is CCCc1cc(N(C)C(C)CC(N)=NO)ncn1. The van der Waals surface area contributed by atoms with E-state index in [2.05, 4.69) is 22.0 Å². The van der Waals surface area contributed by atoms with Gasteiger partial charge in [0.05, 0.1) is 0 Å². The molecule has 0 fully saturated rings. The van der Waals surface area contributed by atoms with E-state index in [4.69, 9.17) is 10.9 Å². The van der Waals surface area contributed by atoms with E-state index in [-0.39, 0.29) is 11.9 Å². The summed E-state index contributed by atoms with van der Waals surface area (Å²) in [6.45, 7) is 4.12. The molecule has 1 atom stereocenters. The van der Waals surface area contributed by atoms with E-state index in [1.807, 2.05) is 24.9 Å². The minimum Gasteiger partial charge on any atom is -0.409 e. The number of hydrogen-bond acceptors (Lipinski definition) is 5. The third-order valence-corrected chi connectivity index (χ3v) is 2.87. The molecule has 0 bridgehead atoms. The second-order valence-electron chi connectivity index (χ2n) is 4.37. The third-order valence-electron chi connectivity index (χ3n) is 2.87. The van der Waals surface area contributed by atoms with Gasteiger partial charge in [0.1, 0.15) is 18.0 Å². The smallest absolute Gasteiger partial charge is 0.141 e. The van der Waals surface area contributed by atoms with Gasteiger partial charge in [-0.3, -0.25) is 0 Å². The monoisotopic (exact) mass is 251 g/mol. The van der Waals surface area contributed by atoms with Crippen molar-refractivity contribution < 1.29 is 5.21 Å². The molecule has 1 aromatic heterocycles. The van der Waals surface area contributed by atoms with Gasteiger partial charge in [-0.15, -0.1) is 0 Å².